The molecule has 0 radical (unpaired) electrons. The number of hydrogen-bond donors (Lipinski definition) is 2. The van der Waals surface area contributed by atoms with Gasteiger partial charge in [-0.05, 0) is 55.7 Å². The highest BCUT2D eigenvalue weighted by atomic mass is 16.2. The number of anilines is 2. The third-order valence-corrected chi connectivity index (χ3v) is 6.96. The van der Waals surface area contributed by atoms with Gasteiger partial charge >= 0.3 is 0 Å². The van der Waals surface area contributed by atoms with Crippen molar-refractivity contribution in [2.24, 2.45) is 12.5 Å². The van der Waals surface area contributed by atoms with E-state index >= 15 is 0 Å². The van der Waals surface area contributed by atoms with Crippen LogP contribution in [-0.2, 0) is 7.05 Å². The molecule has 3 fully saturated rings. The zero-order valence-corrected chi connectivity index (χ0v) is 17.9. The highest BCUT2D eigenvalue weighted by molar-refractivity contribution is 5.94. The van der Waals surface area contributed by atoms with Crippen LogP contribution in [0.3, 0.4) is 0 Å². The Kier molecular flexibility index (Phi) is 3.80. The highest BCUT2D eigenvalue weighted by Gasteiger charge is 2.72. The van der Waals surface area contributed by atoms with Crippen LogP contribution < -0.4 is 10.6 Å². The van der Waals surface area contributed by atoms with Gasteiger partial charge in [-0.15, -0.1) is 0 Å². The van der Waals surface area contributed by atoms with Crippen LogP contribution in [0, 0.1) is 19.3 Å². The van der Waals surface area contributed by atoms with Crippen LogP contribution in [0.4, 0.5) is 11.6 Å². The van der Waals surface area contributed by atoms with Crippen LogP contribution in [0.2, 0.25) is 0 Å². The number of nitrogens with zero attached hydrogens (tertiary/aromatic N) is 5. The molecule has 1 aromatic carbocycles. The number of amides is 1. The Hall–Kier alpha value is -3.26. The summed E-state index contributed by atoms with van der Waals surface area (Å²) in [6.45, 7) is 5.96. The zero-order valence-electron chi connectivity index (χ0n) is 17.9. The molecule has 1 saturated carbocycles. The monoisotopic (exact) mass is 415 g/mol. The second-order valence-corrected chi connectivity index (χ2v) is 9.15. The van der Waals surface area contributed by atoms with E-state index in [1.165, 1.54) is 11.1 Å². The molecule has 8 heteroatoms. The average molecular weight is 416 g/mol. The van der Waals surface area contributed by atoms with Gasteiger partial charge in [0.1, 0.15) is 11.4 Å². The third kappa shape index (κ3) is 2.85. The van der Waals surface area contributed by atoms with Crippen LogP contribution in [0.5, 0.6) is 0 Å². The fourth-order valence-electron chi connectivity index (χ4n) is 5.27. The van der Waals surface area contributed by atoms with Gasteiger partial charge in [0.25, 0.3) is 5.91 Å². The van der Waals surface area contributed by atoms with E-state index < -0.39 is 0 Å². The number of rotatable bonds is 4. The molecular formula is C23H25N7O. The maximum absolute atomic E-state index is 13.2. The maximum atomic E-state index is 13.2. The first kappa shape index (κ1) is 18.5. The van der Waals surface area contributed by atoms with Crippen LogP contribution in [-0.4, -0.2) is 55.7 Å². The number of likely N-dealkylation sites (tertiary alicyclic amines) is 1. The molecule has 4 heterocycles. The Balaban J connectivity index is 1.25. The first-order valence-corrected chi connectivity index (χ1v) is 10.7. The topological polar surface area (TPSA) is 88.0 Å². The van der Waals surface area contributed by atoms with Gasteiger partial charge in [-0.3, -0.25) is 9.48 Å². The van der Waals surface area contributed by atoms with E-state index in [0.29, 0.717) is 40.5 Å². The van der Waals surface area contributed by atoms with Gasteiger partial charge in [0.2, 0.25) is 5.95 Å². The number of carbonyl (C=O) groups excluding carboxylic acids is 1. The van der Waals surface area contributed by atoms with E-state index in [-0.39, 0.29) is 5.91 Å². The number of benzene rings is 1. The van der Waals surface area contributed by atoms with Crippen LogP contribution in [0.1, 0.15) is 28.0 Å². The lowest BCUT2D eigenvalue weighted by atomic mass is 9.90. The van der Waals surface area contributed by atoms with Crippen LogP contribution >= 0.6 is 0 Å². The van der Waals surface area contributed by atoms with Crippen molar-refractivity contribution < 1.29 is 4.79 Å². The summed E-state index contributed by atoms with van der Waals surface area (Å²) in [6, 6.07) is 10.8. The van der Waals surface area contributed by atoms with E-state index in [0.717, 1.165) is 25.2 Å². The van der Waals surface area contributed by atoms with Gasteiger partial charge < -0.3 is 15.5 Å². The van der Waals surface area contributed by atoms with Crippen molar-refractivity contribution in [3.05, 3.63) is 53.3 Å². The molecule has 0 bridgehead atoms. The van der Waals surface area contributed by atoms with Crippen molar-refractivity contribution in [3.8, 4) is 11.4 Å². The van der Waals surface area contributed by atoms with Crippen molar-refractivity contribution in [3.63, 3.8) is 0 Å². The highest BCUT2D eigenvalue weighted by Crippen LogP contribution is 2.61. The smallest absolute Gasteiger partial charge is 0.272 e. The predicted molar refractivity (Wildman–Crippen MR) is 117 cm³/mol. The molecule has 8 nitrogen and oxygen atoms in total. The minimum absolute atomic E-state index is 0.0574. The molecule has 31 heavy (non-hydrogen) atoms. The van der Waals surface area contributed by atoms with Gasteiger partial charge in [-0.2, -0.15) is 5.10 Å². The summed E-state index contributed by atoms with van der Waals surface area (Å²) < 4.78 is 1.67. The van der Waals surface area contributed by atoms with Gasteiger partial charge in [0.15, 0.2) is 0 Å². The molecule has 2 aromatic heterocycles. The first-order valence-electron chi connectivity index (χ1n) is 10.7. The summed E-state index contributed by atoms with van der Waals surface area (Å²) in [5, 5.41) is 11.3. The third-order valence-electron chi connectivity index (χ3n) is 6.96. The Morgan fingerprint density at radius 1 is 1.19 bits per heavy atom. The largest absolute Gasteiger partial charge is 0.332 e. The number of hydrogen-bond acceptors (Lipinski definition) is 6. The zero-order chi connectivity index (χ0) is 21.3. The van der Waals surface area contributed by atoms with E-state index in [1.54, 1.807) is 10.9 Å². The molecule has 3 aliphatic rings. The van der Waals surface area contributed by atoms with E-state index in [2.05, 4.69) is 57.7 Å². The lowest BCUT2D eigenvalue weighted by molar-refractivity contribution is 0.0752. The summed E-state index contributed by atoms with van der Waals surface area (Å²) in [7, 11) is 1.82. The molecule has 6 rings (SSSR count). The Labute approximate surface area is 180 Å². The molecule has 3 atom stereocenters. The molecule has 1 aliphatic carbocycles. The quantitative estimate of drug-likeness (QED) is 0.681. The summed E-state index contributed by atoms with van der Waals surface area (Å²) in [5.74, 6) is 0.560. The van der Waals surface area contributed by atoms with Crippen LogP contribution in [0.25, 0.3) is 11.4 Å². The number of piperidine rings is 1. The normalized spacial score (nSPS) is 25.6. The van der Waals surface area contributed by atoms with E-state index in [9.17, 15) is 4.79 Å². The lowest BCUT2D eigenvalue weighted by Gasteiger charge is -2.34. The van der Waals surface area contributed by atoms with E-state index in [1.807, 2.05) is 24.1 Å². The fourth-order valence-corrected chi connectivity index (χ4v) is 5.27. The molecule has 2 aliphatic heterocycles. The standard InChI is InChI=1S/C23H25N7O/c1-13-6-14(2)8-15(7-13)26-22-24-5-4-16(27-22)17-9-18(29(3)28-17)21(31)30-11-19-23(12-25-19)10-20(23)30/h4-9,19-20,25H,10-12H2,1-3H3,(H,24,26,27)/t19-,20-,23+/m0/s1. The molecule has 2 N–H and O–H groups in total. The summed E-state index contributed by atoms with van der Waals surface area (Å²) in [5.41, 5.74) is 5.61. The lowest BCUT2D eigenvalue weighted by Crippen LogP contribution is -2.55. The Morgan fingerprint density at radius 2 is 2.00 bits per heavy atom. The second-order valence-electron chi connectivity index (χ2n) is 9.15. The molecule has 2 saturated heterocycles. The van der Waals surface area contributed by atoms with Crippen molar-refractivity contribution in [2.45, 2.75) is 32.4 Å². The summed E-state index contributed by atoms with van der Waals surface area (Å²) >= 11 is 0. The number of aromatic nitrogens is 4. The van der Waals surface area contributed by atoms with Crippen molar-refractivity contribution >= 4 is 17.5 Å². The van der Waals surface area contributed by atoms with Gasteiger partial charge in [-0.25, -0.2) is 9.97 Å². The summed E-state index contributed by atoms with van der Waals surface area (Å²) in [6.07, 6.45) is 2.84. The number of aryl methyl sites for hydroxylation is 3. The first-order chi connectivity index (χ1) is 14.9. The average Bonchev–Trinajstić information content (AvgIpc) is 3.30. The predicted octanol–water partition coefficient (Wildman–Crippen LogP) is 2.42. The van der Waals surface area contributed by atoms with Gasteiger partial charge in [-0.1, -0.05) is 6.07 Å². The number of carbonyl (C=O) groups is 1. The fraction of sp³-hybridized carbons (Fsp3) is 0.391. The second kappa shape index (κ2) is 6.37. The van der Waals surface area contributed by atoms with Gasteiger partial charge in [0, 0.05) is 49.5 Å². The molecule has 158 valence electrons. The molecule has 3 aromatic rings. The molecular weight excluding hydrogens is 390 g/mol. The maximum Gasteiger partial charge on any atom is 0.272 e. The van der Waals surface area contributed by atoms with Gasteiger partial charge in [0.05, 0.1) is 5.69 Å². The molecule has 1 spiro atoms. The molecule has 1 amide bonds. The van der Waals surface area contributed by atoms with Crippen molar-refractivity contribution in [1.82, 2.24) is 30.0 Å². The summed E-state index contributed by atoms with van der Waals surface area (Å²) in [4.78, 5) is 24.2. The SMILES string of the molecule is Cc1cc(C)cc(Nc2nccc(-c3cc(C(=O)N4C[C@@H]5NC[C@]56C[C@H]46)n(C)n3)n2)c1. The Morgan fingerprint density at radius 3 is 2.65 bits per heavy atom. The van der Waals surface area contributed by atoms with Crippen LogP contribution in [0.15, 0.2) is 36.5 Å². The minimum atomic E-state index is 0.0574. The van der Waals surface area contributed by atoms with E-state index in [4.69, 9.17) is 0 Å². The van der Waals surface area contributed by atoms with Crippen molar-refractivity contribution in [1.29, 1.82) is 0 Å². The number of nitrogens with one attached hydrogen (secondary N) is 2. The van der Waals surface area contributed by atoms with Crippen molar-refractivity contribution in [2.75, 3.05) is 18.4 Å². The Bertz CT molecular complexity index is 1200. The minimum Gasteiger partial charge on any atom is -0.332 e. The molecule has 0 unspecified atom stereocenters.